The van der Waals surface area contributed by atoms with Crippen molar-refractivity contribution in [1.82, 2.24) is 14.9 Å². The van der Waals surface area contributed by atoms with Gasteiger partial charge in [0.2, 0.25) is 0 Å². The van der Waals surface area contributed by atoms with Gasteiger partial charge in [-0.1, -0.05) is 41.9 Å². The fourth-order valence-corrected chi connectivity index (χ4v) is 3.48. The van der Waals surface area contributed by atoms with E-state index in [2.05, 4.69) is 15.3 Å². The number of nitrogens with one attached hydrogen (secondary N) is 2. The third-order valence-corrected chi connectivity index (χ3v) is 5.08. The Labute approximate surface area is 171 Å². The van der Waals surface area contributed by atoms with E-state index in [4.69, 9.17) is 11.6 Å². The molecule has 0 atom stereocenters. The second-order valence-electron chi connectivity index (χ2n) is 6.83. The first-order valence-electron chi connectivity index (χ1n) is 9.15. The second-order valence-corrected chi connectivity index (χ2v) is 7.24. The van der Waals surface area contributed by atoms with Crippen molar-refractivity contribution in [2.75, 3.05) is 11.9 Å². The molecule has 4 rings (SSSR count). The third kappa shape index (κ3) is 4.30. The van der Waals surface area contributed by atoms with Gasteiger partial charge < -0.3 is 15.2 Å². The first-order chi connectivity index (χ1) is 14.0. The maximum atomic E-state index is 13.3. The van der Waals surface area contributed by atoms with Gasteiger partial charge in [0.05, 0.1) is 22.8 Å². The first kappa shape index (κ1) is 19.1. The van der Waals surface area contributed by atoms with E-state index < -0.39 is 5.82 Å². The number of aromatic amines is 1. The van der Waals surface area contributed by atoms with Gasteiger partial charge in [-0.3, -0.25) is 4.79 Å². The topological polar surface area (TPSA) is 78.1 Å². The van der Waals surface area contributed by atoms with Gasteiger partial charge >= 0.3 is 6.03 Å². The van der Waals surface area contributed by atoms with E-state index in [0.29, 0.717) is 42.2 Å². The number of carbonyl (C=O) groups excluding carboxylic acids is 1. The summed E-state index contributed by atoms with van der Waals surface area (Å²) in [5, 5.41) is 2.61. The van der Waals surface area contributed by atoms with Gasteiger partial charge in [0.15, 0.2) is 0 Å². The van der Waals surface area contributed by atoms with Gasteiger partial charge in [-0.25, -0.2) is 14.2 Å². The minimum absolute atomic E-state index is 0.0709. The van der Waals surface area contributed by atoms with Crippen LogP contribution in [0.5, 0.6) is 0 Å². The SMILES string of the molecule is O=C(Nc1ccc(F)c(Cl)c1)N1CCc2nc(Cc3ccccc3)[nH]c(=O)c2C1. The molecule has 1 aliphatic rings. The largest absolute Gasteiger partial charge is 0.322 e. The van der Waals surface area contributed by atoms with Crippen LogP contribution in [0.15, 0.2) is 53.3 Å². The fraction of sp³-hybridized carbons (Fsp3) is 0.190. The molecule has 6 nitrogen and oxygen atoms in total. The van der Waals surface area contributed by atoms with Crippen molar-refractivity contribution < 1.29 is 9.18 Å². The number of H-pyrrole nitrogens is 1. The Hall–Kier alpha value is -3.19. The van der Waals surface area contributed by atoms with E-state index in [1.165, 1.54) is 23.1 Å². The maximum Gasteiger partial charge on any atom is 0.322 e. The molecule has 29 heavy (non-hydrogen) atoms. The second kappa shape index (κ2) is 8.05. The highest BCUT2D eigenvalue weighted by atomic mass is 35.5. The summed E-state index contributed by atoms with van der Waals surface area (Å²) in [4.78, 5) is 34.0. The van der Waals surface area contributed by atoms with Crippen molar-refractivity contribution >= 4 is 23.3 Å². The zero-order chi connectivity index (χ0) is 20.4. The van der Waals surface area contributed by atoms with Crippen LogP contribution in [0.1, 0.15) is 22.6 Å². The van der Waals surface area contributed by atoms with Gasteiger partial charge in [0, 0.05) is 25.1 Å². The number of benzene rings is 2. The molecule has 1 aromatic heterocycles. The van der Waals surface area contributed by atoms with Gasteiger partial charge in [-0.15, -0.1) is 0 Å². The average Bonchev–Trinajstić information content (AvgIpc) is 2.71. The van der Waals surface area contributed by atoms with Crippen LogP contribution in [0.3, 0.4) is 0 Å². The Balaban J connectivity index is 1.48. The Kier molecular flexibility index (Phi) is 5.31. The molecule has 2 N–H and O–H groups in total. The molecule has 0 bridgehead atoms. The standard InChI is InChI=1S/C21H18ClFN4O2/c22-16-11-14(6-7-17(16)23)24-21(29)27-9-8-18-15(12-27)20(28)26-19(25-18)10-13-4-2-1-3-5-13/h1-7,11H,8-10,12H2,(H,24,29)(H,25,26,28). The number of carbonyl (C=O) groups is 1. The monoisotopic (exact) mass is 412 g/mol. The van der Waals surface area contributed by atoms with Crippen LogP contribution in [0.4, 0.5) is 14.9 Å². The Morgan fingerprint density at radius 2 is 2.03 bits per heavy atom. The van der Waals surface area contributed by atoms with Crippen molar-refractivity contribution in [2.45, 2.75) is 19.4 Å². The normalized spacial score (nSPS) is 13.1. The number of nitrogens with zero attached hydrogens (tertiary/aromatic N) is 2. The average molecular weight is 413 g/mol. The highest BCUT2D eigenvalue weighted by Crippen LogP contribution is 2.21. The minimum atomic E-state index is -0.555. The van der Waals surface area contributed by atoms with Crippen LogP contribution in [-0.4, -0.2) is 27.4 Å². The van der Waals surface area contributed by atoms with Crippen molar-refractivity contribution in [3.63, 3.8) is 0 Å². The minimum Gasteiger partial charge on any atom is -0.320 e. The molecule has 3 aromatic rings. The Morgan fingerprint density at radius 1 is 1.24 bits per heavy atom. The summed E-state index contributed by atoms with van der Waals surface area (Å²) in [6.07, 6.45) is 1.03. The van der Waals surface area contributed by atoms with E-state index in [9.17, 15) is 14.0 Å². The van der Waals surface area contributed by atoms with Gasteiger partial charge in [-0.2, -0.15) is 0 Å². The zero-order valence-corrected chi connectivity index (χ0v) is 16.2. The highest BCUT2D eigenvalue weighted by Gasteiger charge is 2.24. The lowest BCUT2D eigenvalue weighted by atomic mass is 10.1. The molecule has 2 amide bonds. The Morgan fingerprint density at radius 3 is 2.79 bits per heavy atom. The van der Waals surface area contributed by atoms with Crippen LogP contribution in [0, 0.1) is 5.82 Å². The number of hydrogen-bond donors (Lipinski definition) is 2. The maximum absolute atomic E-state index is 13.3. The molecule has 148 valence electrons. The summed E-state index contributed by atoms with van der Waals surface area (Å²) in [6, 6.07) is 13.4. The fourth-order valence-electron chi connectivity index (χ4n) is 3.30. The molecular weight excluding hydrogens is 395 g/mol. The predicted molar refractivity (Wildman–Crippen MR) is 109 cm³/mol. The quantitative estimate of drug-likeness (QED) is 0.687. The van der Waals surface area contributed by atoms with Crippen LogP contribution >= 0.6 is 11.6 Å². The molecule has 0 spiro atoms. The molecule has 0 unspecified atom stereocenters. The number of urea groups is 1. The number of anilines is 1. The van der Waals surface area contributed by atoms with Crippen molar-refractivity contribution in [2.24, 2.45) is 0 Å². The summed E-state index contributed by atoms with van der Waals surface area (Å²) >= 11 is 5.75. The van der Waals surface area contributed by atoms with Gasteiger partial charge in [-0.05, 0) is 23.8 Å². The first-order valence-corrected chi connectivity index (χ1v) is 9.53. The molecule has 0 fully saturated rings. The summed E-state index contributed by atoms with van der Waals surface area (Å²) in [6.45, 7) is 0.582. The number of amides is 2. The van der Waals surface area contributed by atoms with Crippen molar-refractivity contribution in [3.8, 4) is 0 Å². The Bertz CT molecular complexity index is 1120. The van der Waals surface area contributed by atoms with E-state index in [0.717, 1.165) is 5.56 Å². The molecule has 2 heterocycles. The third-order valence-electron chi connectivity index (χ3n) is 4.79. The summed E-state index contributed by atoms with van der Waals surface area (Å²) < 4.78 is 13.3. The molecule has 8 heteroatoms. The molecule has 0 radical (unpaired) electrons. The predicted octanol–water partition coefficient (Wildman–Crippen LogP) is 3.74. The summed E-state index contributed by atoms with van der Waals surface area (Å²) in [5.74, 6) is 0.0549. The van der Waals surface area contributed by atoms with Crippen LogP contribution < -0.4 is 10.9 Å². The van der Waals surface area contributed by atoms with Crippen molar-refractivity contribution in [3.05, 3.63) is 92.4 Å². The molecule has 0 saturated carbocycles. The van der Waals surface area contributed by atoms with Crippen LogP contribution in [0.25, 0.3) is 0 Å². The lowest BCUT2D eigenvalue weighted by Crippen LogP contribution is -2.42. The number of rotatable bonds is 3. The van der Waals surface area contributed by atoms with Gasteiger partial charge in [0.25, 0.3) is 5.56 Å². The number of halogens is 2. The highest BCUT2D eigenvalue weighted by molar-refractivity contribution is 6.31. The summed E-state index contributed by atoms with van der Waals surface area (Å²) in [7, 11) is 0. The number of hydrogen-bond acceptors (Lipinski definition) is 3. The van der Waals surface area contributed by atoms with Crippen LogP contribution in [-0.2, 0) is 19.4 Å². The van der Waals surface area contributed by atoms with E-state index in [1.807, 2.05) is 30.3 Å². The van der Waals surface area contributed by atoms with Crippen LogP contribution in [0.2, 0.25) is 5.02 Å². The molecular formula is C21H18ClFN4O2. The number of aromatic nitrogens is 2. The molecule has 0 aliphatic carbocycles. The lowest BCUT2D eigenvalue weighted by molar-refractivity contribution is 0.205. The van der Waals surface area contributed by atoms with Gasteiger partial charge in [0.1, 0.15) is 11.6 Å². The smallest absolute Gasteiger partial charge is 0.320 e. The number of fused-ring (bicyclic) bond motifs is 1. The lowest BCUT2D eigenvalue weighted by Gasteiger charge is -2.28. The van der Waals surface area contributed by atoms with E-state index in [1.54, 1.807) is 0 Å². The summed E-state index contributed by atoms with van der Waals surface area (Å²) in [5.41, 5.74) is 2.42. The molecule has 2 aromatic carbocycles. The van der Waals surface area contributed by atoms with E-state index >= 15 is 0 Å². The van der Waals surface area contributed by atoms with E-state index in [-0.39, 0.29) is 23.2 Å². The zero-order valence-electron chi connectivity index (χ0n) is 15.4. The molecule has 1 aliphatic heterocycles. The molecule has 0 saturated heterocycles. The van der Waals surface area contributed by atoms with Crippen molar-refractivity contribution in [1.29, 1.82) is 0 Å².